The number of nitrogens with one attached hydrogen (secondary N) is 1. The SMILES string of the molecule is COc1cccc(NC(=O)CC(C)=O)c1OC. The van der Waals surface area contributed by atoms with Crippen LogP contribution in [0.3, 0.4) is 0 Å². The van der Waals surface area contributed by atoms with Gasteiger partial charge in [-0.1, -0.05) is 6.07 Å². The molecule has 1 aromatic rings. The highest BCUT2D eigenvalue weighted by Gasteiger charge is 2.12. The van der Waals surface area contributed by atoms with E-state index in [4.69, 9.17) is 9.47 Å². The molecule has 0 bridgehead atoms. The molecule has 0 aliphatic rings. The van der Waals surface area contributed by atoms with Crippen molar-refractivity contribution in [1.29, 1.82) is 0 Å². The van der Waals surface area contributed by atoms with E-state index in [1.165, 1.54) is 21.1 Å². The van der Waals surface area contributed by atoms with Gasteiger partial charge in [0.1, 0.15) is 5.78 Å². The summed E-state index contributed by atoms with van der Waals surface area (Å²) in [6.45, 7) is 1.36. The van der Waals surface area contributed by atoms with Gasteiger partial charge in [-0.05, 0) is 19.1 Å². The van der Waals surface area contributed by atoms with Crippen LogP contribution in [0.25, 0.3) is 0 Å². The van der Waals surface area contributed by atoms with Crippen LogP contribution in [0.1, 0.15) is 13.3 Å². The number of Topliss-reactive ketones (excluding diaryl/α,β-unsaturated/α-hetero) is 1. The third-order valence-corrected chi connectivity index (χ3v) is 2.09. The molecule has 1 N–H and O–H groups in total. The molecule has 0 aromatic heterocycles. The highest BCUT2D eigenvalue weighted by Crippen LogP contribution is 2.34. The molecule has 0 saturated carbocycles. The molecule has 1 rings (SSSR count). The predicted octanol–water partition coefficient (Wildman–Crippen LogP) is 1.62. The number of rotatable bonds is 5. The van der Waals surface area contributed by atoms with Crippen molar-refractivity contribution in [3.63, 3.8) is 0 Å². The number of anilines is 1. The van der Waals surface area contributed by atoms with Gasteiger partial charge in [-0.15, -0.1) is 0 Å². The highest BCUT2D eigenvalue weighted by atomic mass is 16.5. The molecule has 0 aliphatic heterocycles. The molecule has 0 unspecified atom stereocenters. The second-order valence-electron chi connectivity index (χ2n) is 3.47. The third kappa shape index (κ3) is 3.48. The van der Waals surface area contributed by atoms with Gasteiger partial charge < -0.3 is 14.8 Å². The predicted molar refractivity (Wildman–Crippen MR) is 63.5 cm³/mol. The zero-order valence-corrected chi connectivity index (χ0v) is 10.1. The van der Waals surface area contributed by atoms with E-state index in [0.717, 1.165) is 0 Å². The van der Waals surface area contributed by atoms with Gasteiger partial charge in [0.2, 0.25) is 5.91 Å². The molecule has 17 heavy (non-hydrogen) atoms. The fourth-order valence-corrected chi connectivity index (χ4v) is 1.41. The lowest BCUT2D eigenvalue weighted by molar-refractivity contribution is -0.124. The van der Waals surface area contributed by atoms with E-state index >= 15 is 0 Å². The molecule has 0 heterocycles. The maximum atomic E-state index is 11.5. The Hall–Kier alpha value is -2.04. The monoisotopic (exact) mass is 237 g/mol. The van der Waals surface area contributed by atoms with E-state index in [0.29, 0.717) is 17.2 Å². The van der Waals surface area contributed by atoms with Crippen LogP contribution in [0, 0.1) is 0 Å². The quantitative estimate of drug-likeness (QED) is 0.790. The second kappa shape index (κ2) is 5.89. The van der Waals surface area contributed by atoms with Crippen LogP contribution in [-0.4, -0.2) is 25.9 Å². The van der Waals surface area contributed by atoms with E-state index in [9.17, 15) is 9.59 Å². The van der Waals surface area contributed by atoms with Gasteiger partial charge in [0, 0.05) is 0 Å². The number of ketones is 1. The lowest BCUT2D eigenvalue weighted by Gasteiger charge is -2.12. The number of para-hydroxylation sites is 1. The summed E-state index contributed by atoms with van der Waals surface area (Å²) in [4.78, 5) is 22.3. The third-order valence-electron chi connectivity index (χ3n) is 2.09. The average molecular weight is 237 g/mol. The zero-order valence-electron chi connectivity index (χ0n) is 10.1. The lowest BCUT2D eigenvalue weighted by atomic mass is 10.2. The number of carbonyl (C=O) groups excluding carboxylic acids is 2. The maximum absolute atomic E-state index is 11.5. The molecule has 0 aliphatic carbocycles. The number of amides is 1. The smallest absolute Gasteiger partial charge is 0.231 e. The number of ether oxygens (including phenoxy) is 2. The summed E-state index contributed by atoms with van der Waals surface area (Å²) in [7, 11) is 3.00. The molecule has 1 amide bonds. The first-order valence-corrected chi connectivity index (χ1v) is 5.08. The Kier molecular flexibility index (Phi) is 4.51. The Morgan fingerprint density at radius 2 is 1.94 bits per heavy atom. The average Bonchev–Trinajstić information content (AvgIpc) is 2.27. The summed E-state index contributed by atoms with van der Waals surface area (Å²) in [6, 6.07) is 5.13. The second-order valence-corrected chi connectivity index (χ2v) is 3.47. The largest absolute Gasteiger partial charge is 0.493 e. The van der Waals surface area contributed by atoms with Crippen molar-refractivity contribution in [3.05, 3.63) is 18.2 Å². The van der Waals surface area contributed by atoms with Crippen LogP contribution < -0.4 is 14.8 Å². The van der Waals surface area contributed by atoms with Crippen LogP contribution in [0.4, 0.5) is 5.69 Å². The Balaban J connectivity index is 2.90. The normalized spacial score (nSPS) is 9.59. The number of hydrogen-bond donors (Lipinski definition) is 1. The molecule has 5 heteroatoms. The minimum Gasteiger partial charge on any atom is -0.493 e. The molecule has 92 valence electrons. The van der Waals surface area contributed by atoms with Crippen LogP contribution in [0.2, 0.25) is 0 Å². The minimum absolute atomic E-state index is 0.152. The molecule has 0 radical (unpaired) electrons. The Morgan fingerprint density at radius 3 is 2.47 bits per heavy atom. The molecule has 1 aromatic carbocycles. The van der Waals surface area contributed by atoms with Gasteiger partial charge in [0.05, 0.1) is 26.3 Å². The molecule has 0 saturated heterocycles. The van der Waals surface area contributed by atoms with E-state index in [1.807, 2.05) is 0 Å². The molecular weight excluding hydrogens is 222 g/mol. The van der Waals surface area contributed by atoms with Gasteiger partial charge in [-0.3, -0.25) is 9.59 Å². The standard InChI is InChI=1S/C12H15NO4/c1-8(14)7-11(15)13-9-5-4-6-10(16-2)12(9)17-3/h4-6H,7H2,1-3H3,(H,13,15). The first-order valence-electron chi connectivity index (χ1n) is 5.08. The highest BCUT2D eigenvalue weighted by molar-refractivity contribution is 6.04. The number of hydrogen-bond acceptors (Lipinski definition) is 4. The summed E-state index contributed by atoms with van der Waals surface area (Å²) in [6.07, 6.45) is -0.152. The van der Waals surface area contributed by atoms with Crippen LogP contribution in [0.15, 0.2) is 18.2 Å². The van der Waals surface area contributed by atoms with Crippen LogP contribution in [0.5, 0.6) is 11.5 Å². The van der Waals surface area contributed by atoms with Crippen LogP contribution >= 0.6 is 0 Å². The van der Waals surface area contributed by atoms with Crippen molar-refractivity contribution >= 4 is 17.4 Å². The molecule has 0 spiro atoms. The molecule has 0 fully saturated rings. The van der Waals surface area contributed by atoms with Crippen molar-refractivity contribution in [2.75, 3.05) is 19.5 Å². The Bertz CT molecular complexity index is 429. The van der Waals surface area contributed by atoms with Crippen molar-refractivity contribution in [2.45, 2.75) is 13.3 Å². The van der Waals surface area contributed by atoms with E-state index in [-0.39, 0.29) is 18.1 Å². The van der Waals surface area contributed by atoms with Crippen molar-refractivity contribution in [2.24, 2.45) is 0 Å². The number of benzene rings is 1. The van der Waals surface area contributed by atoms with Crippen molar-refractivity contribution in [1.82, 2.24) is 0 Å². The van der Waals surface area contributed by atoms with Crippen molar-refractivity contribution in [3.8, 4) is 11.5 Å². The van der Waals surface area contributed by atoms with E-state index in [1.54, 1.807) is 18.2 Å². The number of carbonyl (C=O) groups is 2. The summed E-state index contributed by atoms with van der Waals surface area (Å²) in [5.41, 5.74) is 0.484. The first-order chi connectivity index (χ1) is 8.08. The van der Waals surface area contributed by atoms with Gasteiger partial charge >= 0.3 is 0 Å². The zero-order chi connectivity index (χ0) is 12.8. The minimum atomic E-state index is -0.371. The fraction of sp³-hybridized carbons (Fsp3) is 0.333. The fourth-order valence-electron chi connectivity index (χ4n) is 1.41. The van der Waals surface area contributed by atoms with Crippen molar-refractivity contribution < 1.29 is 19.1 Å². The van der Waals surface area contributed by atoms with E-state index < -0.39 is 0 Å². The topological polar surface area (TPSA) is 64.6 Å². The van der Waals surface area contributed by atoms with Gasteiger partial charge in [-0.2, -0.15) is 0 Å². The van der Waals surface area contributed by atoms with Gasteiger partial charge in [0.25, 0.3) is 0 Å². The molecular formula is C12H15NO4. The molecule has 5 nitrogen and oxygen atoms in total. The number of methoxy groups -OCH3 is 2. The summed E-state index contributed by atoms with van der Waals surface area (Å²) >= 11 is 0. The van der Waals surface area contributed by atoms with Crippen LogP contribution in [-0.2, 0) is 9.59 Å². The molecule has 0 atom stereocenters. The first kappa shape index (κ1) is 13.0. The lowest BCUT2D eigenvalue weighted by Crippen LogP contribution is -2.15. The van der Waals surface area contributed by atoms with E-state index in [2.05, 4.69) is 5.32 Å². The Morgan fingerprint density at radius 1 is 1.24 bits per heavy atom. The maximum Gasteiger partial charge on any atom is 0.231 e. The van der Waals surface area contributed by atoms with Gasteiger partial charge in [-0.25, -0.2) is 0 Å². The summed E-state index contributed by atoms with van der Waals surface area (Å²) in [5, 5.41) is 2.60. The van der Waals surface area contributed by atoms with Gasteiger partial charge in [0.15, 0.2) is 11.5 Å². The summed E-state index contributed by atoms with van der Waals surface area (Å²) in [5.74, 6) is 0.397. The Labute approximate surface area is 99.7 Å². The summed E-state index contributed by atoms with van der Waals surface area (Å²) < 4.78 is 10.2.